The molecule has 0 aliphatic rings. The summed E-state index contributed by atoms with van der Waals surface area (Å²) >= 11 is 5.95. The van der Waals surface area contributed by atoms with Crippen LogP contribution < -0.4 is 10.3 Å². The maximum absolute atomic E-state index is 12.1. The lowest BCUT2D eigenvalue weighted by Gasteiger charge is -2.07. The Morgan fingerprint density at radius 1 is 1.59 bits per heavy atom. The maximum atomic E-state index is 12.1. The number of rotatable bonds is 3. The average Bonchev–Trinajstić information content (AvgIpc) is 2.33. The first-order valence-electron chi connectivity index (χ1n) is 5.02. The van der Waals surface area contributed by atoms with E-state index >= 15 is 0 Å². The normalized spacial score (nSPS) is 10.5. The molecule has 0 saturated heterocycles. The Labute approximate surface area is 103 Å². The third kappa shape index (κ3) is 2.03. The number of aromatic nitrogens is 2. The van der Waals surface area contributed by atoms with Gasteiger partial charge in [0.25, 0.3) is 5.56 Å². The van der Waals surface area contributed by atoms with Crippen molar-refractivity contribution in [2.75, 3.05) is 7.11 Å². The third-order valence-electron chi connectivity index (χ3n) is 2.43. The van der Waals surface area contributed by atoms with Gasteiger partial charge in [-0.25, -0.2) is 4.98 Å². The molecule has 0 bridgehead atoms. The largest absolute Gasteiger partial charge is 0.497 e. The molecule has 0 aliphatic carbocycles. The minimum absolute atomic E-state index is 0.149. The van der Waals surface area contributed by atoms with Crippen molar-refractivity contribution in [3.8, 4) is 5.75 Å². The van der Waals surface area contributed by atoms with Crippen LogP contribution >= 0.6 is 11.6 Å². The number of benzene rings is 1. The molecule has 4 nitrogen and oxygen atoms in total. The lowest BCUT2D eigenvalue weighted by molar-refractivity contribution is 0.415. The highest BCUT2D eigenvalue weighted by Crippen LogP contribution is 2.18. The first-order valence-corrected chi connectivity index (χ1v) is 5.40. The highest BCUT2D eigenvalue weighted by molar-refractivity contribution is 6.28. The number of ether oxygens (including phenoxy) is 1. The molecule has 5 heteroatoms. The van der Waals surface area contributed by atoms with Gasteiger partial charge in [-0.15, -0.1) is 6.58 Å². The SMILES string of the molecule is C=CCn1c(Cl)nc2cc(OC)ccc2c1=O. The summed E-state index contributed by atoms with van der Waals surface area (Å²) in [4.78, 5) is 16.3. The van der Waals surface area contributed by atoms with Crippen LogP contribution in [0.25, 0.3) is 10.9 Å². The van der Waals surface area contributed by atoms with Crippen molar-refractivity contribution in [2.24, 2.45) is 0 Å². The molecule has 1 heterocycles. The molecule has 0 saturated carbocycles. The molecule has 2 aromatic rings. The molecule has 88 valence electrons. The van der Waals surface area contributed by atoms with Crippen LogP contribution in [-0.4, -0.2) is 16.7 Å². The van der Waals surface area contributed by atoms with Crippen LogP contribution in [-0.2, 0) is 6.54 Å². The van der Waals surface area contributed by atoms with E-state index in [4.69, 9.17) is 16.3 Å². The zero-order valence-electron chi connectivity index (χ0n) is 9.31. The molecule has 1 aromatic carbocycles. The fourth-order valence-electron chi connectivity index (χ4n) is 1.59. The van der Waals surface area contributed by atoms with E-state index in [9.17, 15) is 4.79 Å². The van der Waals surface area contributed by atoms with E-state index in [1.54, 1.807) is 31.4 Å². The van der Waals surface area contributed by atoms with Crippen molar-refractivity contribution >= 4 is 22.5 Å². The van der Waals surface area contributed by atoms with Gasteiger partial charge in [-0.2, -0.15) is 0 Å². The highest BCUT2D eigenvalue weighted by Gasteiger charge is 2.08. The van der Waals surface area contributed by atoms with E-state index in [-0.39, 0.29) is 10.8 Å². The summed E-state index contributed by atoms with van der Waals surface area (Å²) in [5.74, 6) is 0.641. The van der Waals surface area contributed by atoms with Crippen molar-refractivity contribution in [3.63, 3.8) is 0 Å². The van der Waals surface area contributed by atoms with Gasteiger partial charge in [-0.1, -0.05) is 6.08 Å². The van der Waals surface area contributed by atoms with Crippen LogP contribution in [0.15, 0.2) is 35.6 Å². The third-order valence-corrected chi connectivity index (χ3v) is 2.72. The number of hydrogen-bond acceptors (Lipinski definition) is 3. The summed E-state index contributed by atoms with van der Waals surface area (Å²) in [6, 6.07) is 5.08. The highest BCUT2D eigenvalue weighted by atomic mass is 35.5. The molecule has 2 rings (SSSR count). The maximum Gasteiger partial charge on any atom is 0.262 e. The lowest BCUT2D eigenvalue weighted by atomic mass is 10.2. The van der Waals surface area contributed by atoms with Gasteiger partial charge in [-0.3, -0.25) is 9.36 Å². The molecule has 0 spiro atoms. The molecule has 17 heavy (non-hydrogen) atoms. The van der Waals surface area contributed by atoms with E-state index < -0.39 is 0 Å². The molecule has 0 unspecified atom stereocenters. The van der Waals surface area contributed by atoms with Crippen molar-refractivity contribution in [2.45, 2.75) is 6.54 Å². The molecule has 0 fully saturated rings. The fraction of sp³-hybridized carbons (Fsp3) is 0.167. The number of fused-ring (bicyclic) bond motifs is 1. The second kappa shape index (κ2) is 4.59. The van der Waals surface area contributed by atoms with Gasteiger partial charge in [0.1, 0.15) is 5.75 Å². The van der Waals surface area contributed by atoms with Crippen LogP contribution in [0.5, 0.6) is 5.75 Å². The standard InChI is InChI=1S/C12H11ClN2O2/c1-3-6-15-11(16)9-5-4-8(17-2)7-10(9)14-12(15)13/h3-5,7H,1,6H2,2H3. The Morgan fingerprint density at radius 3 is 3.00 bits per heavy atom. The van der Waals surface area contributed by atoms with E-state index in [2.05, 4.69) is 11.6 Å². The number of hydrogen-bond donors (Lipinski definition) is 0. The fourth-order valence-corrected chi connectivity index (χ4v) is 1.82. The Bertz CT molecular complexity index is 634. The Balaban J connectivity index is 2.76. The molecule has 0 radical (unpaired) electrons. The van der Waals surface area contributed by atoms with Crippen molar-refractivity contribution in [1.82, 2.24) is 9.55 Å². The minimum Gasteiger partial charge on any atom is -0.497 e. The lowest BCUT2D eigenvalue weighted by Crippen LogP contribution is -2.21. The van der Waals surface area contributed by atoms with Crippen LogP contribution in [0.2, 0.25) is 5.28 Å². The molecule has 0 amide bonds. The second-order valence-electron chi connectivity index (χ2n) is 3.47. The van der Waals surface area contributed by atoms with Gasteiger partial charge in [0, 0.05) is 12.6 Å². The quantitative estimate of drug-likeness (QED) is 0.620. The van der Waals surface area contributed by atoms with Gasteiger partial charge in [0.15, 0.2) is 0 Å². The molecule has 1 aromatic heterocycles. The summed E-state index contributed by atoms with van der Waals surface area (Å²) in [6.45, 7) is 3.92. The predicted octanol–water partition coefficient (Wildman–Crippen LogP) is 2.24. The van der Waals surface area contributed by atoms with Crippen molar-refractivity contribution in [3.05, 3.63) is 46.5 Å². The van der Waals surface area contributed by atoms with Gasteiger partial charge in [0.05, 0.1) is 18.0 Å². The molecular weight excluding hydrogens is 240 g/mol. The molecular formula is C12H11ClN2O2. The van der Waals surface area contributed by atoms with E-state index in [1.807, 2.05) is 0 Å². The van der Waals surface area contributed by atoms with Crippen LogP contribution in [0, 0.1) is 0 Å². The molecule has 0 aliphatic heterocycles. The van der Waals surface area contributed by atoms with Crippen LogP contribution in [0.1, 0.15) is 0 Å². The summed E-state index contributed by atoms with van der Waals surface area (Å²) < 4.78 is 6.44. The Hall–Kier alpha value is -1.81. The Morgan fingerprint density at radius 2 is 2.35 bits per heavy atom. The van der Waals surface area contributed by atoms with Crippen molar-refractivity contribution in [1.29, 1.82) is 0 Å². The van der Waals surface area contributed by atoms with Crippen LogP contribution in [0.3, 0.4) is 0 Å². The van der Waals surface area contributed by atoms with Gasteiger partial charge < -0.3 is 4.74 Å². The van der Waals surface area contributed by atoms with E-state index in [0.717, 1.165) is 0 Å². The minimum atomic E-state index is -0.178. The van der Waals surface area contributed by atoms with E-state index in [1.165, 1.54) is 4.57 Å². The van der Waals surface area contributed by atoms with Gasteiger partial charge in [0.2, 0.25) is 5.28 Å². The van der Waals surface area contributed by atoms with Gasteiger partial charge >= 0.3 is 0 Å². The van der Waals surface area contributed by atoms with Gasteiger partial charge in [-0.05, 0) is 23.7 Å². The monoisotopic (exact) mass is 250 g/mol. The number of methoxy groups -OCH3 is 1. The summed E-state index contributed by atoms with van der Waals surface area (Å²) in [6.07, 6.45) is 1.60. The predicted molar refractivity (Wildman–Crippen MR) is 67.8 cm³/mol. The van der Waals surface area contributed by atoms with E-state index in [0.29, 0.717) is 23.2 Å². The molecule has 0 atom stereocenters. The zero-order valence-corrected chi connectivity index (χ0v) is 10.1. The summed E-state index contributed by atoms with van der Waals surface area (Å²) in [5, 5.41) is 0.660. The first kappa shape index (κ1) is 11.7. The molecule has 0 N–H and O–H groups in total. The first-order chi connectivity index (χ1) is 8.17. The number of halogens is 1. The average molecular weight is 251 g/mol. The van der Waals surface area contributed by atoms with Crippen molar-refractivity contribution < 1.29 is 4.74 Å². The summed E-state index contributed by atoms with van der Waals surface area (Å²) in [5.41, 5.74) is 0.349. The summed E-state index contributed by atoms with van der Waals surface area (Å²) in [7, 11) is 1.56. The number of nitrogens with zero attached hydrogens (tertiary/aromatic N) is 2. The number of allylic oxidation sites excluding steroid dienone is 1. The zero-order chi connectivity index (χ0) is 12.4. The Kier molecular flexibility index (Phi) is 3.15. The second-order valence-corrected chi connectivity index (χ2v) is 3.81. The topological polar surface area (TPSA) is 44.1 Å². The van der Waals surface area contributed by atoms with Crippen LogP contribution in [0.4, 0.5) is 0 Å². The smallest absolute Gasteiger partial charge is 0.262 e.